The fraction of sp³-hybridized carbons (Fsp3) is 0.467. The lowest BCUT2D eigenvalue weighted by molar-refractivity contribution is -0.0543. The van der Waals surface area contributed by atoms with Crippen molar-refractivity contribution < 1.29 is 4.74 Å². The second-order valence-electron chi connectivity index (χ2n) is 5.42. The van der Waals surface area contributed by atoms with Crippen molar-refractivity contribution in [2.75, 3.05) is 5.75 Å². The molecular weight excluding hydrogens is 304 g/mol. The van der Waals surface area contributed by atoms with Crippen LogP contribution in [0.1, 0.15) is 30.7 Å². The van der Waals surface area contributed by atoms with E-state index in [1.807, 2.05) is 0 Å². The molecule has 1 unspecified atom stereocenters. The Morgan fingerprint density at radius 3 is 3.14 bits per heavy atom. The van der Waals surface area contributed by atoms with Gasteiger partial charge in [0, 0.05) is 17.1 Å². The van der Waals surface area contributed by atoms with Crippen molar-refractivity contribution in [3.8, 4) is 0 Å². The average Bonchev–Trinajstić information content (AvgIpc) is 2.83. The number of fused-ring (bicyclic) bond motifs is 3. The summed E-state index contributed by atoms with van der Waals surface area (Å²) in [4.78, 5) is 21.8. The first-order valence-corrected chi connectivity index (χ1v) is 8.79. The van der Waals surface area contributed by atoms with Gasteiger partial charge < -0.3 is 9.72 Å². The Balaban J connectivity index is 2.09. The highest BCUT2D eigenvalue weighted by Gasteiger charge is 2.32. The van der Waals surface area contributed by atoms with Gasteiger partial charge in [0.1, 0.15) is 4.83 Å². The van der Waals surface area contributed by atoms with E-state index in [4.69, 9.17) is 4.74 Å². The minimum Gasteiger partial charge on any atom is -0.369 e. The summed E-state index contributed by atoms with van der Waals surface area (Å²) >= 11 is 3.07. The third-order valence-corrected chi connectivity index (χ3v) is 5.88. The van der Waals surface area contributed by atoms with E-state index in [-0.39, 0.29) is 11.2 Å². The molecule has 0 bridgehead atoms. The van der Waals surface area contributed by atoms with Gasteiger partial charge in [-0.2, -0.15) is 0 Å². The number of rotatable bonds is 4. The van der Waals surface area contributed by atoms with E-state index in [1.165, 1.54) is 11.8 Å². The molecule has 3 rings (SSSR count). The SMILES string of the molecule is C=CCSc1nc2sc3c(c2c(=O)[nH]1)CC(C)(CC)OC3. The maximum absolute atomic E-state index is 12.4. The Bertz CT molecular complexity index is 750. The first-order valence-electron chi connectivity index (χ1n) is 6.98. The van der Waals surface area contributed by atoms with Crippen LogP contribution in [0.25, 0.3) is 10.2 Å². The topological polar surface area (TPSA) is 55.0 Å². The van der Waals surface area contributed by atoms with E-state index in [0.717, 1.165) is 39.3 Å². The van der Waals surface area contributed by atoms with Gasteiger partial charge in [0.15, 0.2) is 5.16 Å². The van der Waals surface area contributed by atoms with E-state index >= 15 is 0 Å². The zero-order chi connectivity index (χ0) is 15.0. The highest BCUT2D eigenvalue weighted by atomic mass is 32.2. The Labute approximate surface area is 131 Å². The van der Waals surface area contributed by atoms with Crippen LogP contribution >= 0.6 is 23.1 Å². The second-order valence-corrected chi connectivity index (χ2v) is 7.52. The molecule has 21 heavy (non-hydrogen) atoms. The van der Waals surface area contributed by atoms with Crippen molar-refractivity contribution in [3.63, 3.8) is 0 Å². The first-order chi connectivity index (χ1) is 10.1. The predicted molar refractivity (Wildman–Crippen MR) is 88.4 cm³/mol. The summed E-state index contributed by atoms with van der Waals surface area (Å²) in [6.45, 7) is 8.49. The van der Waals surface area contributed by atoms with Gasteiger partial charge in [-0.05, 0) is 18.9 Å². The van der Waals surface area contributed by atoms with Crippen LogP contribution < -0.4 is 5.56 Å². The number of ether oxygens (including phenoxy) is 1. The maximum Gasteiger partial charge on any atom is 0.260 e. The standard InChI is InChI=1S/C15H18N2O2S2/c1-4-6-20-14-16-12(18)11-9-7-15(3,5-2)19-8-10(9)21-13(11)17-14/h4H,1,5-8H2,2-3H3,(H,16,17,18). The van der Waals surface area contributed by atoms with E-state index in [2.05, 4.69) is 30.4 Å². The number of H-pyrrole nitrogens is 1. The summed E-state index contributed by atoms with van der Waals surface area (Å²) in [5.74, 6) is 0.733. The van der Waals surface area contributed by atoms with E-state index in [9.17, 15) is 4.79 Å². The van der Waals surface area contributed by atoms with E-state index < -0.39 is 0 Å². The number of hydrogen-bond acceptors (Lipinski definition) is 5. The number of thiophene rings is 1. The molecule has 2 aromatic rings. The minimum atomic E-state index is -0.177. The molecule has 2 aromatic heterocycles. The quantitative estimate of drug-likeness (QED) is 0.532. The van der Waals surface area contributed by atoms with Crippen molar-refractivity contribution >= 4 is 33.3 Å². The van der Waals surface area contributed by atoms with Gasteiger partial charge >= 0.3 is 0 Å². The smallest absolute Gasteiger partial charge is 0.260 e. The lowest BCUT2D eigenvalue weighted by Crippen LogP contribution is -2.34. The summed E-state index contributed by atoms with van der Waals surface area (Å²) in [6, 6.07) is 0. The molecule has 1 aliphatic heterocycles. The normalized spacial score (nSPS) is 21.4. The van der Waals surface area contributed by atoms with Gasteiger partial charge in [0.2, 0.25) is 0 Å². The van der Waals surface area contributed by atoms with E-state index in [1.54, 1.807) is 17.4 Å². The van der Waals surface area contributed by atoms with Gasteiger partial charge in [-0.15, -0.1) is 17.9 Å². The molecule has 0 radical (unpaired) electrons. The van der Waals surface area contributed by atoms with Crippen LogP contribution in [0.4, 0.5) is 0 Å². The Morgan fingerprint density at radius 2 is 2.43 bits per heavy atom. The van der Waals surface area contributed by atoms with Crippen LogP contribution in [-0.2, 0) is 17.8 Å². The van der Waals surface area contributed by atoms with Crippen molar-refractivity contribution in [1.82, 2.24) is 9.97 Å². The molecule has 0 saturated carbocycles. The van der Waals surface area contributed by atoms with Gasteiger partial charge in [-0.1, -0.05) is 24.8 Å². The third kappa shape index (κ3) is 2.67. The van der Waals surface area contributed by atoms with Crippen molar-refractivity contribution in [2.45, 2.75) is 44.1 Å². The average molecular weight is 322 g/mol. The lowest BCUT2D eigenvalue weighted by Gasteiger charge is -2.32. The third-order valence-electron chi connectivity index (χ3n) is 3.91. The van der Waals surface area contributed by atoms with Crippen LogP contribution in [0.2, 0.25) is 0 Å². The second kappa shape index (κ2) is 5.59. The van der Waals surface area contributed by atoms with Crippen LogP contribution in [-0.4, -0.2) is 21.3 Å². The number of aromatic amines is 1. The fourth-order valence-electron chi connectivity index (χ4n) is 2.49. The molecule has 6 heteroatoms. The minimum absolute atomic E-state index is 0.0376. The van der Waals surface area contributed by atoms with Gasteiger partial charge in [0.25, 0.3) is 5.56 Å². The molecule has 1 atom stereocenters. The number of hydrogen-bond donors (Lipinski definition) is 1. The lowest BCUT2D eigenvalue weighted by atomic mass is 9.90. The molecule has 112 valence electrons. The summed E-state index contributed by atoms with van der Waals surface area (Å²) in [7, 11) is 0. The van der Waals surface area contributed by atoms with Crippen molar-refractivity contribution in [2.24, 2.45) is 0 Å². The largest absolute Gasteiger partial charge is 0.369 e. The maximum atomic E-state index is 12.4. The van der Waals surface area contributed by atoms with Crippen molar-refractivity contribution in [3.05, 3.63) is 33.4 Å². The number of nitrogens with zero attached hydrogens (tertiary/aromatic N) is 1. The fourth-order valence-corrected chi connectivity index (χ4v) is 4.25. The molecule has 1 aliphatic rings. The number of aromatic nitrogens is 2. The summed E-state index contributed by atoms with van der Waals surface area (Å²) in [5.41, 5.74) is 0.910. The molecular formula is C15H18N2O2S2. The Morgan fingerprint density at radius 1 is 1.62 bits per heavy atom. The Hall–Kier alpha value is -1.11. The Kier molecular flexibility index (Phi) is 3.94. The van der Waals surface area contributed by atoms with Crippen LogP contribution in [0.3, 0.4) is 0 Å². The van der Waals surface area contributed by atoms with Crippen LogP contribution in [0.15, 0.2) is 22.6 Å². The molecule has 0 amide bonds. The molecule has 0 aliphatic carbocycles. The first kappa shape index (κ1) is 14.8. The molecule has 0 spiro atoms. The molecule has 0 aromatic carbocycles. The summed E-state index contributed by atoms with van der Waals surface area (Å²) in [6.07, 6.45) is 3.51. The van der Waals surface area contributed by atoms with Crippen LogP contribution in [0.5, 0.6) is 0 Å². The number of nitrogens with one attached hydrogen (secondary N) is 1. The summed E-state index contributed by atoms with van der Waals surface area (Å²) < 4.78 is 5.96. The molecule has 0 fully saturated rings. The highest BCUT2D eigenvalue weighted by molar-refractivity contribution is 7.99. The monoisotopic (exact) mass is 322 g/mol. The summed E-state index contributed by atoms with van der Waals surface area (Å²) in [5, 5.41) is 1.41. The number of thioether (sulfide) groups is 1. The van der Waals surface area contributed by atoms with Gasteiger partial charge in [0.05, 0.1) is 17.6 Å². The molecule has 4 nitrogen and oxygen atoms in total. The zero-order valence-electron chi connectivity index (χ0n) is 12.2. The van der Waals surface area contributed by atoms with E-state index in [0.29, 0.717) is 11.8 Å². The highest BCUT2D eigenvalue weighted by Crippen LogP contribution is 2.38. The molecule has 3 heterocycles. The molecule has 0 saturated heterocycles. The molecule has 1 N–H and O–H groups in total. The van der Waals surface area contributed by atoms with Crippen molar-refractivity contribution in [1.29, 1.82) is 0 Å². The van der Waals surface area contributed by atoms with Gasteiger partial charge in [-0.3, -0.25) is 4.79 Å². The van der Waals surface area contributed by atoms with Crippen LogP contribution in [0, 0.1) is 0 Å². The zero-order valence-corrected chi connectivity index (χ0v) is 13.8. The van der Waals surface area contributed by atoms with Gasteiger partial charge in [-0.25, -0.2) is 4.98 Å². The predicted octanol–water partition coefficient (Wildman–Crippen LogP) is 3.50.